The van der Waals surface area contributed by atoms with Gasteiger partial charge < -0.3 is 14.6 Å². The van der Waals surface area contributed by atoms with Crippen molar-refractivity contribution in [1.82, 2.24) is 10.2 Å². The molecule has 0 radical (unpaired) electrons. The maximum Gasteiger partial charge on any atom is 0.301 e. The van der Waals surface area contributed by atoms with Gasteiger partial charge in [0.15, 0.2) is 11.5 Å². The number of rotatable bonds is 5. The molecule has 0 spiro atoms. The number of nitrogens with zero attached hydrogens (tertiary/aromatic N) is 3. The molecule has 1 aliphatic rings. The van der Waals surface area contributed by atoms with Gasteiger partial charge in [0, 0.05) is 10.6 Å². The number of methoxy groups -OCH3 is 2. The van der Waals surface area contributed by atoms with Crippen molar-refractivity contribution in [2.24, 2.45) is 0 Å². The molecule has 1 amide bonds. The lowest BCUT2D eigenvalue weighted by Crippen LogP contribution is -2.29. The Morgan fingerprint density at radius 3 is 2.34 bits per heavy atom. The number of carbonyl (C=O) groups excluding carboxylic acids is 2. The lowest BCUT2D eigenvalue weighted by atomic mass is 9.95. The van der Waals surface area contributed by atoms with Crippen molar-refractivity contribution in [2.75, 3.05) is 19.1 Å². The Morgan fingerprint density at radius 1 is 1.06 bits per heavy atom. The fraction of sp³-hybridized carbons (Fsp3) is 0.182. The summed E-state index contributed by atoms with van der Waals surface area (Å²) >= 11 is 7.12. The molecule has 10 heteroatoms. The topological polar surface area (TPSA) is 102 Å². The minimum atomic E-state index is -0.946. The fourth-order valence-electron chi connectivity index (χ4n) is 3.51. The van der Waals surface area contributed by atoms with Crippen LogP contribution in [0.2, 0.25) is 5.02 Å². The Morgan fingerprint density at radius 2 is 1.75 bits per heavy atom. The van der Waals surface area contributed by atoms with Crippen LogP contribution in [0.1, 0.15) is 22.2 Å². The smallest absolute Gasteiger partial charge is 0.301 e. The van der Waals surface area contributed by atoms with Gasteiger partial charge in [-0.15, -0.1) is 10.2 Å². The summed E-state index contributed by atoms with van der Waals surface area (Å²) in [4.78, 5) is 27.4. The van der Waals surface area contributed by atoms with E-state index in [-0.39, 0.29) is 16.5 Å². The zero-order valence-corrected chi connectivity index (χ0v) is 18.9. The first kappa shape index (κ1) is 21.8. The minimum absolute atomic E-state index is 0.0719. The Bertz CT molecular complexity index is 1240. The molecule has 1 saturated heterocycles. The summed E-state index contributed by atoms with van der Waals surface area (Å²) < 4.78 is 10.7. The Balaban J connectivity index is 1.95. The van der Waals surface area contributed by atoms with Crippen LogP contribution in [0.3, 0.4) is 0 Å². The number of hydrogen-bond acceptors (Lipinski definition) is 8. The SMILES string of the molecule is COc1ccc([C@H]2C(=C(O)c3ccc(Cl)cc3)C(=O)C(=O)N2c2nnc(C)s2)cc1OC. The molecule has 4 rings (SSSR count). The van der Waals surface area contributed by atoms with E-state index in [4.69, 9.17) is 21.1 Å². The summed E-state index contributed by atoms with van der Waals surface area (Å²) in [6.07, 6.45) is 0. The van der Waals surface area contributed by atoms with Crippen molar-refractivity contribution in [2.45, 2.75) is 13.0 Å². The van der Waals surface area contributed by atoms with E-state index in [2.05, 4.69) is 10.2 Å². The second-order valence-corrected chi connectivity index (χ2v) is 8.49. The van der Waals surface area contributed by atoms with Crippen LogP contribution in [0.4, 0.5) is 5.13 Å². The molecule has 164 valence electrons. The number of ether oxygens (including phenoxy) is 2. The van der Waals surface area contributed by atoms with Gasteiger partial charge in [-0.2, -0.15) is 0 Å². The molecule has 1 fully saturated rings. The van der Waals surface area contributed by atoms with Crippen molar-refractivity contribution in [3.63, 3.8) is 0 Å². The van der Waals surface area contributed by atoms with Crippen LogP contribution < -0.4 is 14.4 Å². The van der Waals surface area contributed by atoms with Crippen molar-refractivity contribution < 1.29 is 24.2 Å². The number of aromatic nitrogens is 2. The maximum absolute atomic E-state index is 13.1. The highest BCUT2D eigenvalue weighted by molar-refractivity contribution is 7.15. The predicted octanol–water partition coefficient (Wildman–Crippen LogP) is 4.14. The van der Waals surface area contributed by atoms with Gasteiger partial charge in [-0.25, -0.2) is 0 Å². The van der Waals surface area contributed by atoms with Crippen molar-refractivity contribution in [3.8, 4) is 11.5 Å². The van der Waals surface area contributed by atoms with Gasteiger partial charge in [-0.05, 0) is 48.9 Å². The third-order valence-corrected chi connectivity index (χ3v) is 6.10. The van der Waals surface area contributed by atoms with Gasteiger partial charge in [0.05, 0.1) is 25.8 Å². The molecule has 3 aromatic rings. The monoisotopic (exact) mass is 471 g/mol. The lowest BCUT2D eigenvalue weighted by molar-refractivity contribution is -0.132. The average Bonchev–Trinajstić information content (AvgIpc) is 3.34. The molecule has 8 nitrogen and oxygen atoms in total. The maximum atomic E-state index is 13.1. The molecule has 0 bridgehead atoms. The highest BCUT2D eigenvalue weighted by atomic mass is 35.5. The number of halogens is 1. The van der Waals surface area contributed by atoms with Gasteiger partial charge in [-0.1, -0.05) is 29.0 Å². The molecule has 32 heavy (non-hydrogen) atoms. The first-order valence-corrected chi connectivity index (χ1v) is 10.6. The quantitative estimate of drug-likeness (QED) is 0.339. The Labute approximate surface area is 192 Å². The molecule has 1 aromatic heterocycles. The number of ketones is 1. The predicted molar refractivity (Wildman–Crippen MR) is 120 cm³/mol. The largest absolute Gasteiger partial charge is 0.507 e. The zero-order chi connectivity index (χ0) is 23.0. The number of aryl methyl sites for hydroxylation is 1. The molecule has 2 aromatic carbocycles. The van der Waals surface area contributed by atoms with Gasteiger partial charge >= 0.3 is 5.91 Å². The van der Waals surface area contributed by atoms with Crippen molar-refractivity contribution in [3.05, 3.63) is 69.2 Å². The van der Waals surface area contributed by atoms with E-state index in [9.17, 15) is 14.7 Å². The lowest BCUT2D eigenvalue weighted by Gasteiger charge is -2.23. The first-order chi connectivity index (χ1) is 15.3. The summed E-state index contributed by atoms with van der Waals surface area (Å²) in [5, 5.41) is 20.5. The molecule has 2 heterocycles. The fourth-order valence-corrected chi connectivity index (χ4v) is 4.36. The minimum Gasteiger partial charge on any atom is -0.507 e. The van der Waals surface area contributed by atoms with Crippen LogP contribution in [0.15, 0.2) is 48.0 Å². The van der Waals surface area contributed by atoms with E-state index >= 15 is 0 Å². The molecule has 1 aliphatic heterocycles. The van der Waals surface area contributed by atoms with Crippen LogP contribution >= 0.6 is 22.9 Å². The highest BCUT2D eigenvalue weighted by Crippen LogP contribution is 2.44. The summed E-state index contributed by atoms with van der Waals surface area (Å²) in [5.41, 5.74) is 0.814. The second kappa shape index (κ2) is 8.60. The summed E-state index contributed by atoms with van der Waals surface area (Å²) in [7, 11) is 2.99. The highest BCUT2D eigenvalue weighted by Gasteiger charge is 2.48. The number of amides is 1. The average molecular weight is 472 g/mol. The first-order valence-electron chi connectivity index (χ1n) is 9.44. The number of aliphatic hydroxyl groups is 1. The Kier molecular flexibility index (Phi) is 5.86. The van der Waals surface area contributed by atoms with E-state index in [1.165, 1.54) is 30.5 Å². The molecule has 1 atom stereocenters. The normalized spacial score (nSPS) is 17.6. The van der Waals surface area contributed by atoms with Crippen LogP contribution in [-0.4, -0.2) is 41.2 Å². The van der Waals surface area contributed by atoms with Gasteiger partial charge in [-0.3, -0.25) is 14.5 Å². The summed E-state index contributed by atoms with van der Waals surface area (Å²) in [6.45, 7) is 1.75. The van der Waals surface area contributed by atoms with Gasteiger partial charge in [0.1, 0.15) is 10.8 Å². The molecule has 1 N–H and O–H groups in total. The standard InChI is InChI=1S/C22H18ClN3O5S/c1-11-24-25-22(32-11)26-18(13-6-9-15(30-2)16(10-13)31-3)17(20(28)21(26)29)19(27)12-4-7-14(23)8-5-12/h4-10,18,27H,1-3H3/t18-/m0/s1. The summed E-state index contributed by atoms with van der Waals surface area (Å²) in [5.74, 6) is -1.06. The number of carbonyl (C=O) groups is 2. The van der Waals surface area contributed by atoms with E-state index in [0.29, 0.717) is 32.7 Å². The van der Waals surface area contributed by atoms with Crippen LogP contribution in [0.25, 0.3) is 5.76 Å². The molecule has 0 unspecified atom stereocenters. The van der Waals surface area contributed by atoms with E-state index in [0.717, 1.165) is 0 Å². The number of anilines is 1. The van der Waals surface area contributed by atoms with Crippen LogP contribution in [0.5, 0.6) is 11.5 Å². The van der Waals surface area contributed by atoms with E-state index in [1.807, 2.05) is 0 Å². The summed E-state index contributed by atoms with van der Waals surface area (Å²) in [6, 6.07) is 10.4. The second-order valence-electron chi connectivity index (χ2n) is 6.89. The van der Waals surface area contributed by atoms with Gasteiger partial charge in [0.25, 0.3) is 5.78 Å². The number of Topliss-reactive ketones (excluding diaryl/α,β-unsaturated/α-hetero) is 1. The number of aliphatic hydroxyl groups excluding tert-OH is 1. The van der Waals surface area contributed by atoms with Crippen LogP contribution in [-0.2, 0) is 9.59 Å². The van der Waals surface area contributed by atoms with Crippen molar-refractivity contribution in [1.29, 1.82) is 0 Å². The molecule has 0 saturated carbocycles. The third-order valence-electron chi connectivity index (χ3n) is 5.01. The zero-order valence-electron chi connectivity index (χ0n) is 17.3. The number of hydrogen-bond donors (Lipinski definition) is 1. The molecular weight excluding hydrogens is 454 g/mol. The van der Waals surface area contributed by atoms with Crippen molar-refractivity contribution >= 4 is 45.5 Å². The Hall–Kier alpha value is -3.43. The molecule has 0 aliphatic carbocycles. The van der Waals surface area contributed by atoms with E-state index in [1.54, 1.807) is 49.4 Å². The molecular formula is C22H18ClN3O5S. The number of benzene rings is 2. The van der Waals surface area contributed by atoms with Crippen LogP contribution in [0, 0.1) is 6.92 Å². The third kappa shape index (κ3) is 3.69. The van der Waals surface area contributed by atoms with E-state index < -0.39 is 17.7 Å². The van der Waals surface area contributed by atoms with Gasteiger partial charge in [0.2, 0.25) is 5.13 Å².